The smallest absolute Gasteiger partial charge is 0.256 e. The Morgan fingerprint density at radius 2 is 2.55 bits per heavy atom. The average molecular weight is 152 g/mol. The van der Waals surface area contributed by atoms with Crippen LogP contribution >= 0.6 is 0 Å². The first-order chi connectivity index (χ1) is 5.27. The number of carbonyl (C=O) groups excluding carboxylic acids is 1. The van der Waals surface area contributed by atoms with Gasteiger partial charge < -0.3 is 5.32 Å². The summed E-state index contributed by atoms with van der Waals surface area (Å²) < 4.78 is 0. The van der Waals surface area contributed by atoms with Crippen LogP contribution in [-0.4, -0.2) is 23.4 Å². The van der Waals surface area contributed by atoms with Gasteiger partial charge in [-0.1, -0.05) is 0 Å². The molecule has 0 fully saturated rings. The van der Waals surface area contributed by atoms with Crippen molar-refractivity contribution in [3.05, 3.63) is 11.8 Å². The van der Waals surface area contributed by atoms with Crippen LogP contribution in [0.3, 0.4) is 0 Å². The highest BCUT2D eigenvalue weighted by molar-refractivity contribution is 5.97. The summed E-state index contributed by atoms with van der Waals surface area (Å²) >= 11 is 0. The van der Waals surface area contributed by atoms with E-state index in [0.717, 1.165) is 5.70 Å². The number of carbonyl (C=O) groups is 1. The molecule has 2 aliphatic rings. The Bertz CT molecular complexity index is 257. The van der Waals surface area contributed by atoms with Crippen LogP contribution in [0, 0.1) is 0 Å². The Balaban J connectivity index is 2.28. The first-order valence-corrected chi connectivity index (χ1v) is 3.33. The number of hydrogen-bond acceptors (Lipinski definition) is 4. The third-order valence-corrected chi connectivity index (χ3v) is 1.62. The molecular weight excluding hydrogens is 144 g/mol. The van der Waals surface area contributed by atoms with Gasteiger partial charge in [0.25, 0.3) is 5.91 Å². The van der Waals surface area contributed by atoms with Crippen LogP contribution in [0.5, 0.6) is 0 Å². The largest absolute Gasteiger partial charge is 0.350 e. The summed E-state index contributed by atoms with van der Waals surface area (Å²) in [5.74, 6) is -0.0417. The topological polar surface area (TPSA) is 56.7 Å². The fraction of sp³-hybridized carbons (Fsp3) is 0.333. The quantitative estimate of drug-likeness (QED) is 0.475. The Labute approximate surface area is 63.7 Å². The van der Waals surface area contributed by atoms with Gasteiger partial charge >= 0.3 is 0 Å². The number of hydrazone groups is 1. The monoisotopic (exact) mass is 152 g/mol. The summed E-state index contributed by atoms with van der Waals surface area (Å²) in [5.41, 5.74) is 3.60. The molecule has 1 amide bonds. The average Bonchev–Trinajstić information content (AvgIpc) is 2.34. The van der Waals surface area contributed by atoms with E-state index in [0.29, 0.717) is 0 Å². The fourth-order valence-corrected chi connectivity index (χ4v) is 1.10. The van der Waals surface area contributed by atoms with E-state index in [1.807, 2.05) is 6.92 Å². The van der Waals surface area contributed by atoms with Gasteiger partial charge in [-0.05, 0) is 6.92 Å². The molecule has 2 N–H and O–H groups in total. The predicted octanol–water partition coefficient (Wildman–Crippen LogP) is -0.848. The molecular formula is C6H8N4O. The summed E-state index contributed by atoms with van der Waals surface area (Å²) in [4.78, 5) is 12.7. The third-order valence-electron chi connectivity index (χ3n) is 1.62. The minimum atomic E-state index is -0.188. The van der Waals surface area contributed by atoms with Crippen LogP contribution in [0.15, 0.2) is 16.9 Å². The van der Waals surface area contributed by atoms with Crippen molar-refractivity contribution in [1.29, 1.82) is 0 Å². The van der Waals surface area contributed by atoms with Crippen molar-refractivity contribution in [2.75, 3.05) is 0 Å². The van der Waals surface area contributed by atoms with E-state index in [4.69, 9.17) is 0 Å². The molecule has 0 spiro atoms. The van der Waals surface area contributed by atoms with Crippen LogP contribution in [0.4, 0.5) is 0 Å². The molecule has 0 radical (unpaired) electrons. The molecule has 0 aromatic carbocycles. The molecule has 0 unspecified atom stereocenters. The number of amides is 1. The standard InChI is InChI=1S/C6H8N4O/c1-4-2-5(11)10-3-7-9-6(10)8-4/h2-3,6,8-9H,1H3/t6-/m0/s1. The lowest BCUT2D eigenvalue weighted by molar-refractivity contribution is -0.124. The van der Waals surface area contributed by atoms with Gasteiger partial charge in [-0.15, -0.1) is 0 Å². The zero-order valence-electron chi connectivity index (χ0n) is 6.03. The van der Waals surface area contributed by atoms with E-state index in [1.165, 1.54) is 17.3 Å². The highest BCUT2D eigenvalue weighted by Crippen LogP contribution is 2.07. The highest BCUT2D eigenvalue weighted by atomic mass is 16.2. The number of nitrogens with one attached hydrogen (secondary N) is 2. The van der Waals surface area contributed by atoms with E-state index in [-0.39, 0.29) is 12.2 Å². The molecule has 58 valence electrons. The SMILES string of the molecule is CC1=CC(=O)N2C=NN[C@@H]2N1. The van der Waals surface area contributed by atoms with E-state index < -0.39 is 0 Å². The van der Waals surface area contributed by atoms with Crippen LogP contribution in [0.1, 0.15) is 6.92 Å². The van der Waals surface area contributed by atoms with Gasteiger partial charge in [0.1, 0.15) is 6.34 Å². The van der Waals surface area contributed by atoms with Crippen molar-refractivity contribution in [1.82, 2.24) is 15.6 Å². The maximum atomic E-state index is 11.2. The number of rotatable bonds is 0. The highest BCUT2D eigenvalue weighted by Gasteiger charge is 2.27. The molecule has 0 bridgehead atoms. The maximum absolute atomic E-state index is 11.2. The Kier molecular flexibility index (Phi) is 1.12. The van der Waals surface area contributed by atoms with E-state index in [2.05, 4.69) is 15.8 Å². The second kappa shape index (κ2) is 1.98. The maximum Gasteiger partial charge on any atom is 0.256 e. The number of nitrogens with zero attached hydrogens (tertiary/aromatic N) is 2. The lowest BCUT2D eigenvalue weighted by Crippen LogP contribution is -2.52. The fourth-order valence-electron chi connectivity index (χ4n) is 1.10. The van der Waals surface area contributed by atoms with Crippen molar-refractivity contribution >= 4 is 12.2 Å². The summed E-state index contributed by atoms with van der Waals surface area (Å²) in [7, 11) is 0. The predicted molar refractivity (Wildman–Crippen MR) is 39.2 cm³/mol. The van der Waals surface area contributed by atoms with Gasteiger partial charge in [-0.25, -0.2) is 0 Å². The van der Waals surface area contributed by atoms with Gasteiger partial charge in [0.2, 0.25) is 0 Å². The second-order valence-corrected chi connectivity index (χ2v) is 2.49. The van der Waals surface area contributed by atoms with Crippen molar-refractivity contribution in [3.8, 4) is 0 Å². The Morgan fingerprint density at radius 1 is 1.73 bits per heavy atom. The van der Waals surface area contributed by atoms with Crippen LogP contribution in [0.2, 0.25) is 0 Å². The molecule has 0 aromatic rings. The molecule has 5 heteroatoms. The summed E-state index contributed by atoms with van der Waals surface area (Å²) in [6.07, 6.45) is 2.82. The Hall–Kier alpha value is -1.52. The van der Waals surface area contributed by atoms with Gasteiger partial charge in [-0.3, -0.25) is 15.1 Å². The lowest BCUT2D eigenvalue weighted by atomic mass is 10.3. The molecule has 2 aliphatic heterocycles. The summed E-state index contributed by atoms with van der Waals surface area (Å²) in [6.45, 7) is 1.84. The number of hydrogen-bond donors (Lipinski definition) is 2. The van der Waals surface area contributed by atoms with Crippen LogP contribution in [0.25, 0.3) is 0 Å². The van der Waals surface area contributed by atoms with Crippen LogP contribution < -0.4 is 10.7 Å². The second-order valence-electron chi connectivity index (χ2n) is 2.49. The first kappa shape index (κ1) is 6.21. The summed E-state index contributed by atoms with van der Waals surface area (Å²) in [5, 5.41) is 6.79. The summed E-state index contributed by atoms with van der Waals surface area (Å²) in [6, 6.07) is 0. The molecule has 0 aromatic heterocycles. The molecule has 0 saturated carbocycles. The zero-order valence-corrected chi connectivity index (χ0v) is 6.03. The van der Waals surface area contributed by atoms with Crippen molar-refractivity contribution in [3.63, 3.8) is 0 Å². The molecule has 0 aliphatic carbocycles. The van der Waals surface area contributed by atoms with E-state index in [1.54, 1.807) is 0 Å². The Morgan fingerprint density at radius 3 is 3.36 bits per heavy atom. The molecule has 2 rings (SSSR count). The van der Waals surface area contributed by atoms with Crippen molar-refractivity contribution in [2.24, 2.45) is 5.10 Å². The molecule has 2 heterocycles. The van der Waals surface area contributed by atoms with E-state index >= 15 is 0 Å². The normalized spacial score (nSPS) is 27.4. The minimum Gasteiger partial charge on any atom is -0.350 e. The van der Waals surface area contributed by atoms with Crippen molar-refractivity contribution < 1.29 is 4.79 Å². The van der Waals surface area contributed by atoms with Gasteiger partial charge in [0, 0.05) is 11.8 Å². The van der Waals surface area contributed by atoms with Gasteiger partial charge in [-0.2, -0.15) is 5.10 Å². The van der Waals surface area contributed by atoms with Crippen molar-refractivity contribution in [2.45, 2.75) is 13.2 Å². The van der Waals surface area contributed by atoms with Gasteiger partial charge in [0.05, 0.1) is 0 Å². The number of allylic oxidation sites excluding steroid dienone is 1. The molecule has 11 heavy (non-hydrogen) atoms. The number of fused-ring (bicyclic) bond motifs is 1. The molecule has 5 nitrogen and oxygen atoms in total. The van der Waals surface area contributed by atoms with E-state index in [9.17, 15) is 4.79 Å². The van der Waals surface area contributed by atoms with Crippen LogP contribution in [-0.2, 0) is 4.79 Å². The first-order valence-electron chi connectivity index (χ1n) is 3.33. The minimum absolute atomic E-state index is 0.0417. The molecule has 1 atom stereocenters. The molecule has 0 saturated heterocycles. The lowest BCUT2D eigenvalue weighted by Gasteiger charge is -2.26. The third kappa shape index (κ3) is 0.849. The zero-order chi connectivity index (χ0) is 7.84. The van der Waals surface area contributed by atoms with Gasteiger partial charge in [0.15, 0.2) is 6.29 Å².